The van der Waals surface area contributed by atoms with E-state index in [0.29, 0.717) is 0 Å². The summed E-state index contributed by atoms with van der Waals surface area (Å²) in [5.41, 5.74) is 3.25. The third kappa shape index (κ3) is 2.51. The van der Waals surface area contributed by atoms with E-state index in [4.69, 9.17) is 5.73 Å². The summed E-state index contributed by atoms with van der Waals surface area (Å²) >= 11 is 0. The maximum atomic E-state index is 12.3. The van der Waals surface area contributed by atoms with Crippen molar-refractivity contribution in [2.24, 2.45) is 17.1 Å². The smallest absolute Gasteiger partial charge is 0.329 e. The molecule has 5 nitrogen and oxygen atoms in total. The van der Waals surface area contributed by atoms with E-state index in [-0.39, 0.29) is 11.8 Å². The predicted molar refractivity (Wildman–Crippen MR) is 69.0 cm³/mol. The molecule has 1 aliphatic carbocycles. The van der Waals surface area contributed by atoms with Crippen molar-refractivity contribution >= 4 is 11.9 Å². The van der Waals surface area contributed by atoms with E-state index < -0.39 is 22.5 Å². The molecule has 0 spiro atoms. The molecule has 1 saturated carbocycles. The van der Waals surface area contributed by atoms with Crippen LogP contribution in [0.15, 0.2) is 0 Å². The number of amides is 1. The average molecular weight is 256 g/mol. The number of carbonyl (C=O) groups excluding carboxylic acids is 1. The number of rotatable bonds is 5. The van der Waals surface area contributed by atoms with Gasteiger partial charge in [0.25, 0.3) is 0 Å². The van der Waals surface area contributed by atoms with Gasteiger partial charge < -0.3 is 16.2 Å². The Kier molecular flexibility index (Phi) is 3.51. The molecular formula is C13H24N2O3. The molecule has 0 radical (unpaired) electrons. The molecule has 1 amide bonds. The van der Waals surface area contributed by atoms with Gasteiger partial charge in [-0.2, -0.15) is 0 Å². The Labute approximate surface area is 108 Å². The van der Waals surface area contributed by atoms with Crippen LogP contribution < -0.4 is 11.1 Å². The number of nitrogens with one attached hydrogen (secondary N) is 1. The molecule has 1 rings (SSSR count). The lowest BCUT2D eigenvalue weighted by molar-refractivity contribution is -0.150. The first-order chi connectivity index (χ1) is 7.93. The second-order valence-corrected chi connectivity index (χ2v) is 6.58. The Morgan fingerprint density at radius 2 is 1.61 bits per heavy atom. The Bertz CT molecular complexity index is 367. The molecule has 4 N–H and O–H groups in total. The third-order valence-electron chi connectivity index (χ3n) is 4.39. The van der Waals surface area contributed by atoms with Crippen molar-refractivity contribution in [1.82, 2.24) is 5.32 Å². The summed E-state index contributed by atoms with van der Waals surface area (Å²) in [5, 5.41) is 12.0. The zero-order chi connectivity index (χ0) is 14.4. The largest absolute Gasteiger partial charge is 0.480 e. The van der Waals surface area contributed by atoms with E-state index in [1.54, 1.807) is 34.6 Å². The van der Waals surface area contributed by atoms with E-state index in [9.17, 15) is 14.7 Å². The lowest BCUT2D eigenvalue weighted by atomic mass is 9.74. The summed E-state index contributed by atoms with van der Waals surface area (Å²) in [4.78, 5) is 23.7. The molecule has 1 unspecified atom stereocenters. The number of aliphatic carboxylic acids is 1. The molecule has 0 saturated heterocycles. The van der Waals surface area contributed by atoms with Gasteiger partial charge in [-0.15, -0.1) is 0 Å². The van der Waals surface area contributed by atoms with E-state index >= 15 is 0 Å². The molecule has 104 valence electrons. The van der Waals surface area contributed by atoms with Crippen LogP contribution in [-0.2, 0) is 9.59 Å². The molecule has 5 heteroatoms. The van der Waals surface area contributed by atoms with Gasteiger partial charge in [0.1, 0.15) is 5.54 Å². The SMILES string of the molecule is CC(NC(=O)C(C)(C)C(C)(C)N)(C(=O)O)C1CC1. The van der Waals surface area contributed by atoms with Crippen LogP contribution >= 0.6 is 0 Å². The fraction of sp³-hybridized carbons (Fsp3) is 0.846. The van der Waals surface area contributed by atoms with Crippen molar-refractivity contribution < 1.29 is 14.7 Å². The monoisotopic (exact) mass is 256 g/mol. The van der Waals surface area contributed by atoms with Crippen LogP contribution in [0.3, 0.4) is 0 Å². The predicted octanol–water partition coefficient (Wildman–Crippen LogP) is 1.12. The topological polar surface area (TPSA) is 92.4 Å². The Balaban J connectivity index is 2.90. The van der Waals surface area contributed by atoms with Crippen molar-refractivity contribution in [3.8, 4) is 0 Å². The summed E-state index contributed by atoms with van der Waals surface area (Å²) in [6.07, 6.45) is 1.69. The first-order valence-electron chi connectivity index (χ1n) is 6.28. The molecule has 0 heterocycles. The number of hydrogen-bond donors (Lipinski definition) is 3. The molecule has 1 fully saturated rings. The second-order valence-electron chi connectivity index (χ2n) is 6.58. The minimum absolute atomic E-state index is 0.0237. The molecule has 0 aromatic rings. The molecule has 1 atom stereocenters. The summed E-state index contributed by atoms with van der Waals surface area (Å²) in [7, 11) is 0. The first kappa shape index (κ1) is 15.0. The minimum atomic E-state index is -1.18. The van der Waals surface area contributed by atoms with Gasteiger partial charge in [0.05, 0.1) is 5.41 Å². The van der Waals surface area contributed by atoms with Crippen LogP contribution in [0.2, 0.25) is 0 Å². The molecule has 0 aromatic carbocycles. The Morgan fingerprint density at radius 1 is 1.17 bits per heavy atom. The average Bonchev–Trinajstić information content (AvgIpc) is 2.98. The lowest BCUT2D eigenvalue weighted by Gasteiger charge is -2.39. The van der Waals surface area contributed by atoms with Gasteiger partial charge >= 0.3 is 5.97 Å². The Hall–Kier alpha value is -1.10. The molecule has 0 bridgehead atoms. The highest BCUT2D eigenvalue weighted by atomic mass is 16.4. The normalized spacial score (nSPS) is 20.1. The fourth-order valence-electron chi connectivity index (χ4n) is 1.68. The van der Waals surface area contributed by atoms with Crippen molar-refractivity contribution in [2.75, 3.05) is 0 Å². The third-order valence-corrected chi connectivity index (χ3v) is 4.39. The van der Waals surface area contributed by atoms with E-state index in [1.165, 1.54) is 0 Å². The lowest BCUT2D eigenvalue weighted by Crippen LogP contribution is -2.62. The molecule has 18 heavy (non-hydrogen) atoms. The van der Waals surface area contributed by atoms with Crippen molar-refractivity contribution in [3.63, 3.8) is 0 Å². The first-order valence-corrected chi connectivity index (χ1v) is 6.28. The zero-order valence-electron chi connectivity index (χ0n) is 11.8. The number of carboxylic acids is 1. The maximum Gasteiger partial charge on any atom is 0.329 e. The maximum absolute atomic E-state index is 12.3. The van der Waals surface area contributed by atoms with E-state index in [0.717, 1.165) is 12.8 Å². The standard InChI is InChI=1S/C13H24N2O3/c1-11(2,12(3,4)14)9(16)15-13(5,10(17)18)8-6-7-8/h8H,6-7,14H2,1-5H3,(H,15,16)(H,17,18). The molecule has 0 aromatic heterocycles. The molecule has 0 aliphatic heterocycles. The van der Waals surface area contributed by atoms with Gasteiger partial charge in [0.2, 0.25) is 5.91 Å². The van der Waals surface area contributed by atoms with E-state index in [2.05, 4.69) is 5.32 Å². The van der Waals surface area contributed by atoms with Crippen LogP contribution in [0.5, 0.6) is 0 Å². The molecule has 1 aliphatic rings. The van der Waals surface area contributed by atoms with Gasteiger partial charge in [0, 0.05) is 5.54 Å². The van der Waals surface area contributed by atoms with Gasteiger partial charge in [-0.05, 0) is 53.4 Å². The number of carboxylic acid groups (broad SMARTS) is 1. The zero-order valence-corrected chi connectivity index (χ0v) is 11.8. The second kappa shape index (κ2) is 4.23. The fourth-order valence-corrected chi connectivity index (χ4v) is 1.68. The van der Waals surface area contributed by atoms with Crippen molar-refractivity contribution in [2.45, 2.75) is 58.5 Å². The summed E-state index contributed by atoms with van der Waals surface area (Å²) < 4.78 is 0. The van der Waals surface area contributed by atoms with Gasteiger partial charge in [0.15, 0.2) is 0 Å². The van der Waals surface area contributed by atoms with Crippen LogP contribution in [-0.4, -0.2) is 28.1 Å². The van der Waals surface area contributed by atoms with Crippen LogP contribution in [0.1, 0.15) is 47.5 Å². The highest BCUT2D eigenvalue weighted by molar-refractivity contribution is 5.90. The number of carbonyl (C=O) groups is 2. The summed E-state index contributed by atoms with van der Waals surface area (Å²) in [5.74, 6) is -1.27. The van der Waals surface area contributed by atoms with Crippen LogP contribution in [0.25, 0.3) is 0 Å². The minimum Gasteiger partial charge on any atom is -0.480 e. The summed E-state index contributed by atoms with van der Waals surface area (Å²) in [6, 6.07) is 0. The van der Waals surface area contributed by atoms with Gasteiger partial charge in [-0.3, -0.25) is 4.79 Å². The van der Waals surface area contributed by atoms with Gasteiger partial charge in [-0.1, -0.05) is 0 Å². The Morgan fingerprint density at radius 3 is 1.89 bits per heavy atom. The quantitative estimate of drug-likeness (QED) is 0.687. The molecular weight excluding hydrogens is 232 g/mol. The van der Waals surface area contributed by atoms with Crippen molar-refractivity contribution in [1.29, 1.82) is 0 Å². The summed E-state index contributed by atoms with van der Waals surface area (Å²) in [6.45, 7) is 8.57. The number of hydrogen-bond acceptors (Lipinski definition) is 3. The van der Waals surface area contributed by atoms with Crippen LogP contribution in [0.4, 0.5) is 0 Å². The highest BCUT2D eigenvalue weighted by Crippen LogP contribution is 2.40. The van der Waals surface area contributed by atoms with Crippen LogP contribution in [0, 0.1) is 11.3 Å². The number of nitrogens with two attached hydrogens (primary N) is 1. The van der Waals surface area contributed by atoms with E-state index in [1.807, 2.05) is 0 Å². The van der Waals surface area contributed by atoms with Gasteiger partial charge in [-0.25, -0.2) is 4.79 Å². The highest BCUT2D eigenvalue weighted by Gasteiger charge is 2.51. The van der Waals surface area contributed by atoms with Crippen molar-refractivity contribution in [3.05, 3.63) is 0 Å².